The minimum atomic E-state index is -4.46. The van der Waals surface area contributed by atoms with Crippen LogP contribution in [0.3, 0.4) is 0 Å². The van der Waals surface area contributed by atoms with Crippen LogP contribution >= 0.6 is 0 Å². The van der Waals surface area contributed by atoms with Crippen molar-refractivity contribution in [3.8, 4) is 0 Å². The minimum absolute atomic E-state index is 0.0149. The highest BCUT2D eigenvalue weighted by molar-refractivity contribution is 5.78. The fourth-order valence-electron chi connectivity index (χ4n) is 2.46. The molecule has 0 bridgehead atoms. The number of hydrogen-bond donors (Lipinski definition) is 1. The van der Waals surface area contributed by atoms with Crippen LogP contribution in [-0.4, -0.2) is 46.8 Å². The van der Waals surface area contributed by atoms with E-state index in [1.165, 1.54) is 11.1 Å². The molecule has 1 aromatic rings. The Kier molecular flexibility index (Phi) is 4.27. The zero-order chi connectivity index (χ0) is 15.7. The van der Waals surface area contributed by atoms with E-state index in [1.807, 2.05) is 0 Å². The van der Waals surface area contributed by atoms with Gasteiger partial charge in [-0.3, -0.25) is 4.79 Å². The lowest BCUT2D eigenvalue weighted by molar-refractivity contribution is -0.248. The van der Waals surface area contributed by atoms with Crippen LogP contribution < -0.4 is 0 Å². The molecule has 8 heteroatoms. The molecule has 1 N–H and O–H groups in total. The number of piperidine rings is 1. The summed E-state index contributed by atoms with van der Waals surface area (Å²) in [5.41, 5.74) is -2.09. The van der Waals surface area contributed by atoms with Crippen molar-refractivity contribution in [1.29, 1.82) is 0 Å². The van der Waals surface area contributed by atoms with Crippen LogP contribution in [0.1, 0.15) is 24.5 Å². The molecule has 1 aromatic heterocycles. The number of rotatable bonds is 3. The van der Waals surface area contributed by atoms with E-state index in [0.29, 0.717) is 11.7 Å². The molecule has 0 aromatic carbocycles. The molecule has 5 nitrogen and oxygen atoms in total. The Morgan fingerprint density at radius 1 is 1.48 bits per heavy atom. The van der Waals surface area contributed by atoms with Crippen molar-refractivity contribution in [2.75, 3.05) is 19.7 Å². The van der Waals surface area contributed by atoms with Crippen LogP contribution in [0, 0.1) is 12.3 Å². The third-order valence-electron chi connectivity index (χ3n) is 3.97. The van der Waals surface area contributed by atoms with Crippen LogP contribution in [0.5, 0.6) is 0 Å². The standard InChI is InChI=1S/C13H17F3N2O3/c1-9-17-7-10(21-9)6-11(20)18-4-2-12(8-19,3-5-18)13(14,15)16/h7,19H,2-6,8H2,1H3. The number of likely N-dealkylation sites (tertiary alicyclic amines) is 1. The zero-order valence-corrected chi connectivity index (χ0v) is 11.6. The molecule has 0 aliphatic carbocycles. The monoisotopic (exact) mass is 306 g/mol. The molecule has 2 heterocycles. The van der Waals surface area contributed by atoms with Crippen molar-refractivity contribution in [2.45, 2.75) is 32.4 Å². The van der Waals surface area contributed by atoms with Gasteiger partial charge in [0.2, 0.25) is 5.91 Å². The summed E-state index contributed by atoms with van der Waals surface area (Å²) in [6.45, 7) is 0.658. The molecular formula is C13H17F3N2O3. The number of halogens is 3. The Morgan fingerprint density at radius 3 is 2.52 bits per heavy atom. The number of carbonyl (C=O) groups is 1. The number of alkyl halides is 3. The van der Waals surface area contributed by atoms with Gasteiger partial charge in [-0.2, -0.15) is 13.2 Å². The van der Waals surface area contributed by atoms with Crippen molar-refractivity contribution in [3.63, 3.8) is 0 Å². The van der Waals surface area contributed by atoms with E-state index in [-0.39, 0.29) is 38.3 Å². The molecule has 2 rings (SSSR count). The predicted octanol–water partition coefficient (Wildman–Crippen LogP) is 1.69. The molecule has 1 amide bonds. The lowest BCUT2D eigenvalue weighted by atomic mass is 9.78. The molecule has 0 atom stereocenters. The molecule has 1 aliphatic rings. The van der Waals surface area contributed by atoms with E-state index in [2.05, 4.69) is 4.98 Å². The normalized spacial score (nSPS) is 18.8. The largest absolute Gasteiger partial charge is 0.446 e. The third kappa shape index (κ3) is 3.20. The minimum Gasteiger partial charge on any atom is -0.446 e. The maximum Gasteiger partial charge on any atom is 0.396 e. The molecule has 0 saturated carbocycles. The highest BCUT2D eigenvalue weighted by Crippen LogP contribution is 2.45. The predicted molar refractivity (Wildman–Crippen MR) is 66.3 cm³/mol. The number of aromatic nitrogens is 1. The van der Waals surface area contributed by atoms with Gasteiger partial charge in [0.25, 0.3) is 0 Å². The van der Waals surface area contributed by atoms with Gasteiger partial charge >= 0.3 is 6.18 Å². The SMILES string of the molecule is Cc1ncc(CC(=O)N2CCC(CO)(C(F)(F)F)CC2)o1. The number of hydrogen-bond acceptors (Lipinski definition) is 4. The Balaban J connectivity index is 1.95. The van der Waals surface area contributed by atoms with Gasteiger partial charge in [-0.15, -0.1) is 0 Å². The first kappa shape index (κ1) is 15.8. The number of carbonyl (C=O) groups excluding carboxylic acids is 1. The molecule has 0 unspecified atom stereocenters. The van der Waals surface area contributed by atoms with E-state index in [1.54, 1.807) is 6.92 Å². The first-order valence-electron chi connectivity index (χ1n) is 6.64. The third-order valence-corrected chi connectivity index (χ3v) is 3.97. The van der Waals surface area contributed by atoms with E-state index in [9.17, 15) is 18.0 Å². The van der Waals surface area contributed by atoms with Crippen LogP contribution in [0.15, 0.2) is 10.6 Å². The summed E-state index contributed by atoms with van der Waals surface area (Å²) < 4.78 is 44.1. The summed E-state index contributed by atoms with van der Waals surface area (Å²) in [6, 6.07) is 0. The van der Waals surface area contributed by atoms with Gasteiger partial charge in [0.1, 0.15) is 5.76 Å². The van der Waals surface area contributed by atoms with Gasteiger partial charge < -0.3 is 14.4 Å². The quantitative estimate of drug-likeness (QED) is 0.923. The van der Waals surface area contributed by atoms with Crippen molar-refractivity contribution in [2.24, 2.45) is 5.41 Å². The van der Waals surface area contributed by atoms with Gasteiger partial charge in [0, 0.05) is 20.0 Å². The first-order valence-corrected chi connectivity index (χ1v) is 6.64. The van der Waals surface area contributed by atoms with E-state index >= 15 is 0 Å². The molecule has 0 spiro atoms. The van der Waals surface area contributed by atoms with Crippen LogP contribution in [0.2, 0.25) is 0 Å². The molecular weight excluding hydrogens is 289 g/mol. The number of aliphatic hydroxyl groups excluding tert-OH is 1. The van der Waals surface area contributed by atoms with Gasteiger partial charge in [-0.25, -0.2) is 4.98 Å². The Morgan fingerprint density at radius 2 is 2.10 bits per heavy atom. The number of aryl methyl sites for hydroxylation is 1. The Labute approximate surface area is 119 Å². The molecule has 0 radical (unpaired) electrons. The summed E-state index contributed by atoms with van der Waals surface area (Å²) in [5.74, 6) is 0.542. The maximum absolute atomic E-state index is 13.0. The van der Waals surface area contributed by atoms with Crippen LogP contribution in [0.25, 0.3) is 0 Å². The van der Waals surface area contributed by atoms with E-state index < -0.39 is 18.2 Å². The smallest absolute Gasteiger partial charge is 0.396 e. The van der Waals surface area contributed by atoms with E-state index in [0.717, 1.165) is 0 Å². The summed E-state index contributed by atoms with van der Waals surface area (Å²) >= 11 is 0. The number of oxazole rings is 1. The topological polar surface area (TPSA) is 66.6 Å². The fourth-order valence-corrected chi connectivity index (χ4v) is 2.46. The highest BCUT2D eigenvalue weighted by atomic mass is 19.4. The lowest BCUT2D eigenvalue weighted by Gasteiger charge is -2.41. The summed E-state index contributed by atoms with van der Waals surface area (Å²) in [6.07, 6.45) is -3.61. The number of amides is 1. The van der Waals surface area contributed by atoms with Gasteiger partial charge in [-0.1, -0.05) is 0 Å². The average Bonchev–Trinajstić information content (AvgIpc) is 2.83. The van der Waals surface area contributed by atoms with Crippen molar-refractivity contribution < 1.29 is 27.5 Å². The fraction of sp³-hybridized carbons (Fsp3) is 0.692. The van der Waals surface area contributed by atoms with Crippen LogP contribution in [0.4, 0.5) is 13.2 Å². The van der Waals surface area contributed by atoms with Gasteiger partial charge in [0.05, 0.1) is 24.6 Å². The second-order valence-electron chi connectivity index (χ2n) is 5.34. The highest BCUT2D eigenvalue weighted by Gasteiger charge is 2.55. The van der Waals surface area contributed by atoms with Crippen molar-refractivity contribution >= 4 is 5.91 Å². The molecule has 1 fully saturated rings. The summed E-state index contributed by atoms with van der Waals surface area (Å²) in [5, 5.41) is 9.09. The second-order valence-corrected chi connectivity index (χ2v) is 5.34. The lowest BCUT2D eigenvalue weighted by Crippen LogP contribution is -2.51. The maximum atomic E-state index is 13.0. The molecule has 21 heavy (non-hydrogen) atoms. The first-order chi connectivity index (χ1) is 9.77. The van der Waals surface area contributed by atoms with Crippen molar-refractivity contribution in [3.05, 3.63) is 17.8 Å². The molecule has 1 aliphatic heterocycles. The Hall–Kier alpha value is -1.57. The number of nitrogens with zero attached hydrogens (tertiary/aromatic N) is 2. The molecule has 1 saturated heterocycles. The summed E-state index contributed by atoms with van der Waals surface area (Å²) in [4.78, 5) is 17.3. The van der Waals surface area contributed by atoms with Crippen LogP contribution in [-0.2, 0) is 11.2 Å². The van der Waals surface area contributed by atoms with Crippen molar-refractivity contribution in [1.82, 2.24) is 9.88 Å². The average molecular weight is 306 g/mol. The van der Waals surface area contributed by atoms with Gasteiger partial charge in [0.15, 0.2) is 5.89 Å². The molecule has 118 valence electrons. The number of aliphatic hydroxyl groups is 1. The van der Waals surface area contributed by atoms with E-state index in [4.69, 9.17) is 9.52 Å². The zero-order valence-electron chi connectivity index (χ0n) is 11.6. The Bertz CT molecular complexity index is 505. The second kappa shape index (κ2) is 5.67. The summed E-state index contributed by atoms with van der Waals surface area (Å²) in [7, 11) is 0. The van der Waals surface area contributed by atoms with Gasteiger partial charge in [-0.05, 0) is 12.8 Å².